The van der Waals surface area contributed by atoms with Crippen molar-refractivity contribution in [3.05, 3.63) is 24.3 Å². The molecule has 0 saturated carbocycles. The molecule has 2 heterocycles. The highest BCUT2D eigenvalue weighted by atomic mass is 32.2. The van der Waals surface area contributed by atoms with Gasteiger partial charge < -0.3 is 15.1 Å². The number of oxazole rings is 1. The number of primary amides is 1. The minimum Gasteiger partial charge on any atom is -0.431 e. The topological polar surface area (TPSA) is 89.4 Å². The van der Waals surface area contributed by atoms with Gasteiger partial charge in [-0.15, -0.1) is 0 Å². The van der Waals surface area contributed by atoms with Crippen LogP contribution in [-0.4, -0.2) is 40.0 Å². The van der Waals surface area contributed by atoms with Gasteiger partial charge >= 0.3 is 0 Å². The standard InChI is InChI=1S/C18H23N3O3S/c1-11(2)15(17(23)21-9-7-12(8-10-21)16(19)22)25-18-20-13-5-3-4-6-14(13)24-18/h3-6,11-12,15H,7-10H2,1-2H3,(H2,19,22)/t15-/m0/s1. The van der Waals surface area contributed by atoms with Crippen molar-refractivity contribution in [2.24, 2.45) is 17.6 Å². The first-order chi connectivity index (χ1) is 12.0. The number of nitrogens with zero attached hydrogens (tertiary/aromatic N) is 2. The van der Waals surface area contributed by atoms with Crippen LogP contribution in [0.3, 0.4) is 0 Å². The summed E-state index contributed by atoms with van der Waals surface area (Å²) in [7, 11) is 0. The van der Waals surface area contributed by atoms with Crippen LogP contribution < -0.4 is 5.73 Å². The molecule has 7 heteroatoms. The van der Waals surface area contributed by atoms with Gasteiger partial charge in [-0.05, 0) is 30.9 Å². The molecule has 1 aliphatic rings. The van der Waals surface area contributed by atoms with Crippen LogP contribution in [0.25, 0.3) is 11.1 Å². The average Bonchev–Trinajstić information content (AvgIpc) is 3.01. The summed E-state index contributed by atoms with van der Waals surface area (Å²) in [5, 5.41) is 0.249. The van der Waals surface area contributed by atoms with E-state index in [0.29, 0.717) is 31.2 Å². The minimum absolute atomic E-state index is 0.0742. The Morgan fingerprint density at radius 2 is 1.96 bits per heavy atom. The van der Waals surface area contributed by atoms with E-state index in [9.17, 15) is 9.59 Å². The Morgan fingerprint density at radius 3 is 2.56 bits per heavy atom. The first kappa shape index (κ1) is 17.8. The molecule has 0 aliphatic carbocycles. The predicted molar refractivity (Wildman–Crippen MR) is 97.0 cm³/mol. The Morgan fingerprint density at radius 1 is 1.28 bits per heavy atom. The molecule has 1 fully saturated rings. The molecule has 1 saturated heterocycles. The lowest BCUT2D eigenvalue weighted by atomic mass is 9.95. The zero-order chi connectivity index (χ0) is 18.0. The highest BCUT2D eigenvalue weighted by molar-refractivity contribution is 8.00. The molecule has 134 valence electrons. The summed E-state index contributed by atoms with van der Waals surface area (Å²) in [6.07, 6.45) is 1.28. The first-order valence-corrected chi connectivity index (χ1v) is 9.44. The van der Waals surface area contributed by atoms with Gasteiger partial charge in [0.2, 0.25) is 11.8 Å². The maximum atomic E-state index is 13.0. The highest BCUT2D eigenvalue weighted by Crippen LogP contribution is 2.32. The molecule has 1 aromatic heterocycles. The van der Waals surface area contributed by atoms with Crippen LogP contribution in [-0.2, 0) is 9.59 Å². The third-order valence-electron chi connectivity index (χ3n) is 4.56. The number of benzene rings is 1. The summed E-state index contributed by atoms with van der Waals surface area (Å²) in [6.45, 7) is 5.19. The number of carbonyl (C=O) groups is 2. The predicted octanol–water partition coefficient (Wildman–Crippen LogP) is 2.67. The van der Waals surface area contributed by atoms with Gasteiger partial charge in [0.1, 0.15) is 5.52 Å². The van der Waals surface area contributed by atoms with Gasteiger partial charge in [0.05, 0.1) is 5.25 Å². The second-order valence-corrected chi connectivity index (χ2v) is 7.82. The van der Waals surface area contributed by atoms with Crippen molar-refractivity contribution >= 4 is 34.7 Å². The Labute approximate surface area is 151 Å². The number of nitrogens with two attached hydrogens (primary N) is 1. The molecule has 1 aliphatic heterocycles. The zero-order valence-electron chi connectivity index (χ0n) is 14.5. The van der Waals surface area contributed by atoms with Crippen LogP contribution in [0.5, 0.6) is 0 Å². The van der Waals surface area contributed by atoms with Gasteiger partial charge in [0.15, 0.2) is 5.58 Å². The van der Waals surface area contributed by atoms with Gasteiger partial charge in [0.25, 0.3) is 5.22 Å². The molecule has 0 bridgehead atoms. The van der Waals surface area contributed by atoms with Crippen molar-refractivity contribution in [1.29, 1.82) is 0 Å². The van der Waals surface area contributed by atoms with Crippen LogP contribution in [0, 0.1) is 11.8 Å². The smallest absolute Gasteiger partial charge is 0.257 e. The maximum absolute atomic E-state index is 13.0. The van der Waals surface area contributed by atoms with Crippen LogP contribution in [0.4, 0.5) is 0 Å². The van der Waals surface area contributed by atoms with Crippen LogP contribution in [0.2, 0.25) is 0 Å². The fourth-order valence-corrected chi connectivity index (χ4v) is 4.07. The number of para-hydroxylation sites is 2. The molecule has 1 atom stereocenters. The van der Waals surface area contributed by atoms with Gasteiger partial charge in [-0.3, -0.25) is 9.59 Å². The molecule has 2 aromatic rings. The molecule has 2 amide bonds. The van der Waals surface area contributed by atoms with Crippen molar-refractivity contribution in [2.45, 2.75) is 37.2 Å². The summed E-state index contributed by atoms with van der Waals surface area (Å²) >= 11 is 1.37. The summed E-state index contributed by atoms with van der Waals surface area (Å²) < 4.78 is 5.75. The summed E-state index contributed by atoms with van der Waals surface area (Å²) in [4.78, 5) is 30.5. The third-order valence-corrected chi connectivity index (χ3v) is 5.94. The molecule has 6 nitrogen and oxygen atoms in total. The third kappa shape index (κ3) is 3.98. The SMILES string of the molecule is CC(C)[C@H](Sc1nc2ccccc2o1)C(=O)N1CCC(C(N)=O)CC1. The summed E-state index contributed by atoms with van der Waals surface area (Å²) in [6, 6.07) is 7.57. The van der Waals surface area contributed by atoms with Crippen LogP contribution in [0.15, 0.2) is 33.9 Å². The molecule has 2 N–H and O–H groups in total. The Balaban J connectivity index is 1.70. The number of hydrogen-bond donors (Lipinski definition) is 1. The lowest BCUT2D eigenvalue weighted by Crippen LogP contribution is -2.46. The Bertz CT molecular complexity index is 733. The zero-order valence-corrected chi connectivity index (χ0v) is 15.3. The van der Waals surface area contributed by atoms with Crippen LogP contribution >= 0.6 is 11.8 Å². The van der Waals surface area contributed by atoms with E-state index in [0.717, 1.165) is 11.1 Å². The minimum atomic E-state index is -0.270. The lowest BCUT2D eigenvalue weighted by molar-refractivity contribution is -0.135. The van der Waals surface area contributed by atoms with Crippen molar-refractivity contribution in [1.82, 2.24) is 9.88 Å². The van der Waals surface area contributed by atoms with Crippen LogP contribution in [0.1, 0.15) is 26.7 Å². The van der Waals surface area contributed by atoms with E-state index in [2.05, 4.69) is 4.98 Å². The van der Waals surface area contributed by atoms with E-state index in [1.165, 1.54) is 11.8 Å². The van der Waals surface area contributed by atoms with Crippen molar-refractivity contribution in [3.8, 4) is 0 Å². The van der Waals surface area contributed by atoms with E-state index in [-0.39, 0.29) is 28.9 Å². The van der Waals surface area contributed by atoms with Gasteiger partial charge in [-0.25, -0.2) is 4.98 Å². The van der Waals surface area contributed by atoms with Crippen molar-refractivity contribution in [2.75, 3.05) is 13.1 Å². The number of carbonyl (C=O) groups excluding carboxylic acids is 2. The maximum Gasteiger partial charge on any atom is 0.257 e. The summed E-state index contributed by atoms with van der Waals surface area (Å²) in [5.74, 6) is -0.175. The van der Waals surface area contributed by atoms with Gasteiger partial charge in [-0.2, -0.15) is 0 Å². The molecular formula is C18H23N3O3S. The fraction of sp³-hybridized carbons (Fsp3) is 0.500. The molecular weight excluding hydrogens is 338 g/mol. The van der Waals surface area contributed by atoms with E-state index in [4.69, 9.17) is 10.2 Å². The lowest BCUT2D eigenvalue weighted by Gasteiger charge is -2.33. The van der Waals surface area contributed by atoms with Gasteiger partial charge in [0, 0.05) is 19.0 Å². The van der Waals surface area contributed by atoms with Crippen molar-refractivity contribution < 1.29 is 14.0 Å². The first-order valence-electron chi connectivity index (χ1n) is 8.56. The number of thioether (sulfide) groups is 1. The molecule has 0 spiro atoms. The van der Waals surface area contributed by atoms with E-state index in [1.807, 2.05) is 43.0 Å². The number of hydrogen-bond acceptors (Lipinski definition) is 5. The molecule has 1 aromatic carbocycles. The molecule has 25 heavy (non-hydrogen) atoms. The quantitative estimate of drug-likeness (QED) is 0.827. The largest absolute Gasteiger partial charge is 0.431 e. The number of amides is 2. The second-order valence-electron chi connectivity index (χ2n) is 6.73. The van der Waals surface area contributed by atoms with E-state index >= 15 is 0 Å². The van der Waals surface area contributed by atoms with E-state index in [1.54, 1.807) is 0 Å². The second kappa shape index (κ2) is 7.47. The van der Waals surface area contributed by atoms with Gasteiger partial charge in [-0.1, -0.05) is 37.7 Å². The molecule has 0 radical (unpaired) electrons. The van der Waals surface area contributed by atoms with Crippen molar-refractivity contribution in [3.63, 3.8) is 0 Å². The molecule has 3 rings (SSSR count). The number of likely N-dealkylation sites (tertiary alicyclic amines) is 1. The average molecular weight is 361 g/mol. The highest BCUT2D eigenvalue weighted by Gasteiger charge is 2.33. The summed E-state index contributed by atoms with van der Waals surface area (Å²) in [5.41, 5.74) is 6.89. The normalized spacial score (nSPS) is 17.2. The number of fused-ring (bicyclic) bond motifs is 1. The number of rotatable bonds is 5. The number of aromatic nitrogens is 1. The fourth-order valence-electron chi connectivity index (χ4n) is 3.05. The molecule has 0 unspecified atom stereocenters. The monoisotopic (exact) mass is 361 g/mol. The van der Waals surface area contributed by atoms with E-state index < -0.39 is 0 Å². The Hall–Kier alpha value is -2.02. The number of piperidine rings is 1. The Kier molecular flexibility index (Phi) is 5.32.